The standard InChI is InChI=1S/C14H22N2O5/c1-13(2,3)21-12(20)16-10(17)9(8-15(5)6)7-14(16,4)11(18)19/h8H,7H2,1-6H3,(H,18,19)/b9-8+. The van der Waals surface area contributed by atoms with Crippen LogP contribution in [0.15, 0.2) is 11.8 Å². The van der Waals surface area contributed by atoms with E-state index in [1.54, 1.807) is 39.8 Å². The lowest BCUT2D eigenvalue weighted by atomic mass is 9.98. The number of hydrogen-bond acceptors (Lipinski definition) is 5. The third kappa shape index (κ3) is 3.53. The minimum absolute atomic E-state index is 0.0570. The molecule has 2 amide bonds. The second-order valence-corrected chi connectivity index (χ2v) is 6.49. The lowest BCUT2D eigenvalue weighted by molar-refractivity contribution is -0.152. The molecule has 21 heavy (non-hydrogen) atoms. The zero-order valence-corrected chi connectivity index (χ0v) is 13.3. The van der Waals surface area contributed by atoms with Gasteiger partial charge in [-0.25, -0.2) is 14.5 Å². The van der Waals surface area contributed by atoms with Gasteiger partial charge in [0.2, 0.25) is 0 Å². The number of carboxylic acid groups (broad SMARTS) is 1. The Morgan fingerprint density at radius 2 is 1.90 bits per heavy atom. The quantitative estimate of drug-likeness (QED) is 0.776. The Labute approximate surface area is 124 Å². The van der Waals surface area contributed by atoms with E-state index in [0.717, 1.165) is 0 Å². The number of carbonyl (C=O) groups excluding carboxylic acids is 2. The highest BCUT2D eigenvalue weighted by atomic mass is 16.6. The Kier molecular flexibility index (Phi) is 4.36. The molecule has 0 spiro atoms. The van der Waals surface area contributed by atoms with E-state index in [4.69, 9.17) is 4.74 Å². The smallest absolute Gasteiger partial charge is 0.418 e. The summed E-state index contributed by atoms with van der Waals surface area (Å²) in [6.45, 7) is 6.30. The monoisotopic (exact) mass is 298 g/mol. The van der Waals surface area contributed by atoms with Crippen LogP contribution in [0, 0.1) is 0 Å². The number of rotatable bonds is 2. The van der Waals surface area contributed by atoms with Gasteiger partial charge in [-0.1, -0.05) is 0 Å². The maximum atomic E-state index is 12.4. The van der Waals surface area contributed by atoms with Gasteiger partial charge < -0.3 is 14.7 Å². The van der Waals surface area contributed by atoms with Gasteiger partial charge in [-0.2, -0.15) is 0 Å². The van der Waals surface area contributed by atoms with E-state index >= 15 is 0 Å². The normalized spacial score (nSPS) is 24.4. The molecule has 1 saturated heterocycles. The molecule has 1 rings (SSSR count). The number of carbonyl (C=O) groups is 3. The molecule has 1 heterocycles. The van der Waals surface area contributed by atoms with Gasteiger partial charge in [0, 0.05) is 32.3 Å². The average molecular weight is 298 g/mol. The molecule has 0 bridgehead atoms. The van der Waals surface area contributed by atoms with Gasteiger partial charge in [-0.05, 0) is 27.7 Å². The molecule has 1 unspecified atom stereocenters. The second-order valence-electron chi connectivity index (χ2n) is 6.49. The molecule has 1 aliphatic rings. The molecule has 7 heteroatoms. The number of nitrogens with zero attached hydrogens (tertiary/aromatic N) is 2. The van der Waals surface area contributed by atoms with Gasteiger partial charge in [-0.3, -0.25) is 4.79 Å². The van der Waals surface area contributed by atoms with E-state index in [-0.39, 0.29) is 12.0 Å². The zero-order chi connectivity index (χ0) is 16.6. The Bertz CT molecular complexity index is 504. The molecule has 1 fully saturated rings. The molecular weight excluding hydrogens is 276 g/mol. The third-order valence-electron chi connectivity index (χ3n) is 2.96. The maximum absolute atomic E-state index is 12.4. The first-order chi connectivity index (χ1) is 9.38. The molecule has 0 aromatic rings. The number of imide groups is 1. The van der Waals surface area contributed by atoms with Crippen LogP contribution in [-0.4, -0.2) is 58.1 Å². The molecule has 118 valence electrons. The van der Waals surface area contributed by atoms with Gasteiger partial charge in [0.1, 0.15) is 5.60 Å². The van der Waals surface area contributed by atoms with E-state index in [2.05, 4.69) is 0 Å². The van der Waals surface area contributed by atoms with Crippen molar-refractivity contribution in [3.63, 3.8) is 0 Å². The van der Waals surface area contributed by atoms with Crippen molar-refractivity contribution in [2.75, 3.05) is 14.1 Å². The average Bonchev–Trinajstić information content (AvgIpc) is 2.48. The van der Waals surface area contributed by atoms with Crippen LogP contribution in [0.2, 0.25) is 0 Å². The van der Waals surface area contributed by atoms with Crippen molar-refractivity contribution in [1.82, 2.24) is 9.80 Å². The van der Waals surface area contributed by atoms with Crippen molar-refractivity contribution in [3.05, 3.63) is 11.8 Å². The summed E-state index contributed by atoms with van der Waals surface area (Å²) in [6.07, 6.45) is 0.520. The molecule has 1 N–H and O–H groups in total. The van der Waals surface area contributed by atoms with Crippen molar-refractivity contribution in [3.8, 4) is 0 Å². The molecule has 0 saturated carbocycles. The first-order valence-corrected chi connectivity index (χ1v) is 6.56. The van der Waals surface area contributed by atoms with Gasteiger partial charge in [-0.15, -0.1) is 0 Å². The van der Waals surface area contributed by atoms with E-state index in [1.807, 2.05) is 0 Å². The van der Waals surface area contributed by atoms with E-state index < -0.39 is 29.1 Å². The minimum atomic E-state index is -1.64. The fourth-order valence-corrected chi connectivity index (χ4v) is 2.07. The van der Waals surface area contributed by atoms with Crippen LogP contribution < -0.4 is 0 Å². The lowest BCUT2D eigenvalue weighted by Gasteiger charge is -2.31. The first kappa shape index (κ1) is 17.0. The number of carboxylic acids is 1. The second kappa shape index (κ2) is 5.38. The van der Waals surface area contributed by atoms with E-state index in [1.165, 1.54) is 13.1 Å². The zero-order valence-electron chi connectivity index (χ0n) is 13.3. The highest BCUT2D eigenvalue weighted by molar-refractivity contribution is 6.10. The number of amides is 2. The highest BCUT2D eigenvalue weighted by Gasteiger charge is 2.55. The number of likely N-dealkylation sites (tertiary alicyclic amines) is 1. The third-order valence-corrected chi connectivity index (χ3v) is 2.96. The van der Waals surface area contributed by atoms with Crippen molar-refractivity contribution < 1.29 is 24.2 Å². The largest absolute Gasteiger partial charge is 0.479 e. The molecular formula is C14H22N2O5. The van der Waals surface area contributed by atoms with Crippen molar-refractivity contribution in [2.24, 2.45) is 0 Å². The highest BCUT2D eigenvalue weighted by Crippen LogP contribution is 2.35. The summed E-state index contributed by atoms with van der Waals surface area (Å²) in [7, 11) is 3.43. The van der Waals surface area contributed by atoms with Gasteiger partial charge in [0.05, 0.1) is 0 Å². The lowest BCUT2D eigenvalue weighted by Crippen LogP contribution is -2.53. The number of ether oxygens (including phenoxy) is 1. The summed E-state index contributed by atoms with van der Waals surface area (Å²) in [6, 6.07) is 0. The van der Waals surface area contributed by atoms with Crippen molar-refractivity contribution >= 4 is 18.0 Å². The van der Waals surface area contributed by atoms with Crippen LogP contribution in [-0.2, 0) is 14.3 Å². The van der Waals surface area contributed by atoms with Crippen LogP contribution in [0.4, 0.5) is 4.79 Å². The SMILES string of the molecule is CN(C)/C=C1\CC(C)(C(=O)O)N(C(=O)OC(C)(C)C)C1=O. The number of hydrogen-bond donors (Lipinski definition) is 1. The maximum Gasteiger partial charge on any atom is 0.418 e. The molecule has 0 radical (unpaired) electrons. The predicted molar refractivity (Wildman–Crippen MR) is 75.5 cm³/mol. The van der Waals surface area contributed by atoms with Crippen LogP contribution in [0.25, 0.3) is 0 Å². The Morgan fingerprint density at radius 1 is 1.38 bits per heavy atom. The molecule has 0 aliphatic carbocycles. The Hall–Kier alpha value is -2.05. The first-order valence-electron chi connectivity index (χ1n) is 6.56. The van der Waals surface area contributed by atoms with Crippen molar-refractivity contribution in [1.29, 1.82) is 0 Å². The Balaban J connectivity index is 3.22. The molecule has 0 aromatic carbocycles. The number of aliphatic carboxylic acids is 1. The van der Waals surface area contributed by atoms with Gasteiger partial charge >= 0.3 is 12.1 Å². The van der Waals surface area contributed by atoms with E-state index in [0.29, 0.717) is 4.90 Å². The fourth-order valence-electron chi connectivity index (χ4n) is 2.07. The minimum Gasteiger partial charge on any atom is -0.479 e. The van der Waals surface area contributed by atoms with Crippen LogP contribution in [0.3, 0.4) is 0 Å². The fraction of sp³-hybridized carbons (Fsp3) is 0.643. The molecule has 1 atom stereocenters. The van der Waals surface area contributed by atoms with Crippen molar-refractivity contribution in [2.45, 2.75) is 45.3 Å². The summed E-state index contributed by atoms with van der Waals surface area (Å²) < 4.78 is 5.15. The van der Waals surface area contributed by atoms with Crippen LogP contribution >= 0.6 is 0 Å². The molecule has 7 nitrogen and oxygen atoms in total. The summed E-state index contributed by atoms with van der Waals surface area (Å²) in [4.78, 5) is 38.4. The summed E-state index contributed by atoms with van der Waals surface area (Å²) in [5.74, 6) is -1.88. The molecule has 0 aromatic heterocycles. The topological polar surface area (TPSA) is 87.2 Å². The summed E-state index contributed by atoms with van der Waals surface area (Å²) in [5.41, 5.74) is -2.19. The predicted octanol–water partition coefficient (Wildman–Crippen LogP) is 1.44. The van der Waals surface area contributed by atoms with Gasteiger partial charge in [0.25, 0.3) is 5.91 Å². The molecule has 1 aliphatic heterocycles. The Morgan fingerprint density at radius 3 is 2.29 bits per heavy atom. The van der Waals surface area contributed by atoms with Gasteiger partial charge in [0.15, 0.2) is 5.54 Å². The van der Waals surface area contributed by atoms with Crippen LogP contribution in [0.1, 0.15) is 34.1 Å². The summed E-state index contributed by atoms with van der Waals surface area (Å²) >= 11 is 0. The van der Waals surface area contributed by atoms with Crippen LogP contribution in [0.5, 0.6) is 0 Å². The van der Waals surface area contributed by atoms with E-state index in [9.17, 15) is 19.5 Å². The summed E-state index contributed by atoms with van der Waals surface area (Å²) in [5, 5.41) is 9.42.